The summed E-state index contributed by atoms with van der Waals surface area (Å²) in [4.78, 5) is 0. The van der Waals surface area contributed by atoms with Gasteiger partial charge < -0.3 is 0 Å². The molecule has 0 N–H and O–H groups in total. The van der Waals surface area contributed by atoms with Crippen LogP contribution in [-0.2, 0) is 6.42 Å². The van der Waals surface area contributed by atoms with Crippen LogP contribution in [0, 0.1) is 0 Å². The number of allylic oxidation sites excluding steroid dienone is 1. The van der Waals surface area contributed by atoms with Crippen molar-refractivity contribution < 1.29 is 0 Å². The first-order valence-electron chi connectivity index (χ1n) is 11.7. The zero-order valence-corrected chi connectivity index (χ0v) is 20.1. The quantitative estimate of drug-likeness (QED) is 0.189. The predicted octanol–water partition coefficient (Wildman–Crippen LogP) is 6.70. The van der Waals surface area contributed by atoms with Gasteiger partial charge in [0.15, 0.2) is 0 Å². The summed E-state index contributed by atoms with van der Waals surface area (Å²) in [7, 11) is -2.04. The molecule has 0 aliphatic heterocycles. The van der Waals surface area contributed by atoms with Crippen LogP contribution in [0.2, 0.25) is 0 Å². The van der Waals surface area contributed by atoms with Gasteiger partial charge in [0.1, 0.15) is 28.5 Å². The molecule has 0 aliphatic carbocycles. The number of hydrogen-bond donors (Lipinski definition) is 0. The third-order valence-electron chi connectivity index (χ3n) is 6.35. The third kappa shape index (κ3) is 4.14. The summed E-state index contributed by atoms with van der Waals surface area (Å²) in [5.74, 6) is 0. The van der Waals surface area contributed by atoms with Crippen molar-refractivity contribution in [3.63, 3.8) is 0 Å². The van der Waals surface area contributed by atoms with E-state index in [4.69, 9.17) is 0 Å². The van der Waals surface area contributed by atoms with Crippen LogP contribution in [0.25, 0.3) is 11.1 Å². The molecule has 34 heavy (non-hydrogen) atoms. The highest BCUT2D eigenvalue weighted by atomic mass is 31.2. The van der Waals surface area contributed by atoms with Gasteiger partial charge in [0.05, 0.1) is 0 Å². The van der Waals surface area contributed by atoms with Gasteiger partial charge in [0, 0.05) is 0 Å². The zero-order chi connectivity index (χ0) is 23.2. The minimum atomic E-state index is -2.04. The van der Waals surface area contributed by atoms with Crippen molar-refractivity contribution in [3.05, 3.63) is 158 Å². The highest BCUT2D eigenvalue weighted by Gasteiger charge is 2.47. The summed E-state index contributed by atoms with van der Waals surface area (Å²) in [6, 6.07) is 51.1. The molecular weight excluding hydrogens is 427 g/mol. The summed E-state index contributed by atoms with van der Waals surface area (Å²) in [6.07, 6.45) is 2.85. The Morgan fingerprint density at radius 2 is 0.794 bits per heavy atom. The van der Waals surface area contributed by atoms with Gasteiger partial charge in [-0.15, -0.1) is 6.58 Å². The van der Waals surface area contributed by atoms with Crippen LogP contribution in [0.1, 0.15) is 5.56 Å². The summed E-state index contributed by atoms with van der Waals surface area (Å²) in [5.41, 5.74) is 3.76. The Balaban J connectivity index is 1.69. The van der Waals surface area contributed by atoms with E-state index in [2.05, 4.69) is 146 Å². The van der Waals surface area contributed by atoms with Crippen LogP contribution >= 0.6 is 7.26 Å². The average molecular weight is 456 g/mol. The average Bonchev–Trinajstić information content (AvgIpc) is 2.92. The lowest BCUT2D eigenvalue weighted by molar-refractivity contribution is 1.28. The molecule has 164 valence electrons. The van der Waals surface area contributed by atoms with E-state index in [9.17, 15) is 0 Å². The second-order valence-corrected chi connectivity index (χ2v) is 11.8. The summed E-state index contributed by atoms with van der Waals surface area (Å²) >= 11 is 0. The normalized spacial score (nSPS) is 11.2. The molecule has 0 saturated heterocycles. The lowest BCUT2D eigenvalue weighted by Crippen LogP contribution is -2.38. The van der Waals surface area contributed by atoms with Crippen LogP contribution in [0.3, 0.4) is 0 Å². The molecular formula is C33H28P+. The van der Waals surface area contributed by atoms with E-state index in [1.807, 2.05) is 6.08 Å². The molecule has 0 amide bonds. The molecule has 0 heterocycles. The van der Waals surface area contributed by atoms with E-state index in [1.165, 1.54) is 37.9 Å². The van der Waals surface area contributed by atoms with E-state index in [1.54, 1.807) is 0 Å². The maximum atomic E-state index is 3.85. The Kier molecular flexibility index (Phi) is 6.52. The molecule has 0 atom stereocenters. The van der Waals surface area contributed by atoms with Gasteiger partial charge in [-0.3, -0.25) is 0 Å². The number of hydrogen-bond acceptors (Lipinski definition) is 0. The fourth-order valence-corrected chi connectivity index (χ4v) is 8.97. The maximum Gasteiger partial charge on any atom is 0.144 e. The van der Waals surface area contributed by atoms with Crippen molar-refractivity contribution in [1.29, 1.82) is 0 Å². The van der Waals surface area contributed by atoms with Gasteiger partial charge in [0.25, 0.3) is 0 Å². The molecule has 0 unspecified atom stereocenters. The molecule has 0 nitrogen and oxygen atoms in total. The van der Waals surface area contributed by atoms with Crippen molar-refractivity contribution in [2.45, 2.75) is 6.42 Å². The Morgan fingerprint density at radius 3 is 1.18 bits per heavy atom. The van der Waals surface area contributed by atoms with Gasteiger partial charge in [-0.25, -0.2) is 0 Å². The van der Waals surface area contributed by atoms with Crippen molar-refractivity contribution in [2.24, 2.45) is 0 Å². The van der Waals surface area contributed by atoms with Crippen LogP contribution in [0.15, 0.2) is 152 Å². The van der Waals surface area contributed by atoms with E-state index >= 15 is 0 Å². The molecule has 0 aromatic heterocycles. The van der Waals surface area contributed by atoms with Gasteiger partial charge in [-0.05, 0) is 71.6 Å². The fraction of sp³-hybridized carbons (Fsp3) is 0.0303. The summed E-state index contributed by atoms with van der Waals surface area (Å²) in [5, 5.41) is 5.47. The van der Waals surface area contributed by atoms with Gasteiger partial charge in [0.2, 0.25) is 0 Å². The molecule has 1 heteroatoms. The second kappa shape index (κ2) is 10.0. The first-order valence-corrected chi connectivity index (χ1v) is 13.5. The predicted molar refractivity (Wildman–Crippen MR) is 151 cm³/mol. The Morgan fingerprint density at radius 1 is 0.441 bits per heavy atom. The monoisotopic (exact) mass is 455 g/mol. The highest BCUT2D eigenvalue weighted by molar-refractivity contribution is 8.01. The third-order valence-corrected chi connectivity index (χ3v) is 10.6. The summed E-state index contributed by atoms with van der Waals surface area (Å²) < 4.78 is 0. The van der Waals surface area contributed by atoms with Crippen LogP contribution in [-0.4, -0.2) is 0 Å². The molecule has 0 radical (unpaired) electrons. The number of rotatable bonds is 7. The van der Waals surface area contributed by atoms with Crippen LogP contribution < -0.4 is 21.2 Å². The highest BCUT2D eigenvalue weighted by Crippen LogP contribution is 2.54. The topological polar surface area (TPSA) is 0 Å². The largest absolute Gasteiger partial charge is 0.144 e. The zero-order valence-electron chi connectivity index (χ0n) is 19.2. The molecule has 0 bridgehead atoms. The van der Waals surface area contributed by atoms with Gasteiger partial charge >= 0.3 is 0 Å². The van der Waals surface area contributed by atoms with Crippen molar-refractivity contribution in [3.8, 4) is 11.1 Å². The van der Waals surface area contributed by atoms with Gasteiger partial charge in [-0.2, -0.15) is 0 Å². The lowest BCUT2D eigenvalue weighted by atomic mass is 10.0. The molecule has 5 rings (SSSR count). The van der Waals surface area contributed by atoms with Crippen molar-refractivity contribution in [2.75, 3.05) is 0 Å². The minimum Gasteiger partial charge on any atom is -0.103 e. The van der Waals surface area contributed by atoms with E-state index in [0.29, 0.717) is 0 Å². The molecule has 0 saturated carbocycles. The first-order chi connectivity index (χ1) is 16.8. The lowest BCUT2D eigenvalue weighted by Gasteiger charge is -2.27. The van der Waals surface area contributed by atoms with E-state index in [0.717, 1.165) is 6.42 Å². The number of benzene rings is 5. The van der Waals surface area contributed by atoms with Crippen LogP contribution in [0.5, 0.6) is 0 Å². The van der Waals surface area contributed by atoms with E-state index < -0.39 is 7.26 Å². The molecule has 0 aliphatic rings. The molecule has 0 fully saturated rings. The fourth-order valence-electron chi connectivity index (χ4n) is 4.73. The molecule has 0 spiro atoms. The first kappa shape index (κ1) is 22.1. The Bertz CT molecular complexity index is 1240. The molecule has 5 aromatic carbocycles. The SMILES string of the molecule is C=CCc1ccc(-c2ccc([P+](c3ccccc3)(c3ccccc3)c3ccccc3)cc2)cc1. The minimum absolute atomic E-state index is 0.900. The molecule has 5 aromatic rings. The van der Waals surface area contributed by atoms with Crippen molar-refractivity contribution >= 4 is 28.5 Å². The maximum absolute atomic E-state index is 3.85. The smallest absolute Gasteiger partial charge is 0.103 e. The van der Waals surface area contributed by atoms with Crippen molar-refractivity contribution in [1.82, 2.24) is 0 Å². The second-order valence-electron chi connectivity index (χ2n) is 8.41. The van der Waals surface area contributed by atoms with E-state index in [-0.39, 0.29) is 0 Å². The standard InChI is InChI=1S/C33H28P/c1-2-12-27-19-21-28(22-20-27)29-23-25-33(26-24-29)34(30-13-6-3-7-14-30,31-15-8-4-9-16-31)32-17-10-5-11-18-32/h2-11,13-26H,1,12H2/q+1. The Labute approximate surface area is 203 Å². The Hall–Kier alpha value is -3.73. The summed E-state index contributed by atoms with van der Waals surface area (Å²) in [6.45, 7) is 3.85. The van der Waals surface area contributed by atoms with Gasteiger partial charge in [-0.1, -0.05) is 97.1 Å². The van der Waals surface area contributed by atoms with Crippen LogP contribution in [0.4, 0.5) is 0 Å².